The van der Waals surface area contributed by atoms with Gasteiger partial charge in [-0.2, -0.15) is 0 Å². The minimum Gasteiger partial charge on any atom is -0.457 e. The van der Waals surface area contributed by atoms with Crippen LogP contribution in [0.5, 0.6) is 11.5 Å². The Morgan fingerprint density at radius 1 is 1.14 bits per heavy atom. The molecule has 4 aromatic rings. The molecular formula is C28H27N5O3S. The summed E-state index contributed by atoms with van der Waals surface area (Å²) in [7, 11) is 3.91. The van der Waals surface area contributed by atoms with Gasteiger partial charge in [-0.1, -0.05) is 18.2 Å². The first kappa shape index (κ1) is 23.4. The summed E-state index contributed by atoms with van der Waals surface area (Å²) in [4.78, 5) is 38.5. The molecule has 2 aromatic carbocycles. The lowest BCUT2D eigenvalue weighted by Crippen LogP contribution is -2.39. The number of urea groups is 1. The fourth-order valence-electron chi connectivity index (χ4n) is 5.10. The topological polar surface area (TPSA) is 78.0 Å². The van der Waals surface area contributed by atoms with E-state index in [1.165, 1.54) is 11.3 Å². The number of likely N-dealkylation sites (tertiary alicyclic amines) is 1. The molecule has 1 fully saturated rings. The third kappa shape index (κ3) is 4.10. The smallest absolute Gasteiger partial charge is 0.331 e. The predicted molar refractivity (Wildman–Crippen MR) is 146 cm³/mol. The van der Waals surface area contributed by atoms with Crippen molar-refractivity contribution >= 4 is 50.6 Å². The quantitative estimate of drug-likeness (QED) is 0.362. The third-order valence-electron chi connectivity index (χ3n) is 7.06. The van der Waals surface area contributed by atoms with Crippen LogP contribution in [-0.2, 0) is 0 Å². The molecule has 0 bridgehead atoms. The molecule has 0 aliphatic carbocycles. The molecule has 0 radical (unpaired) electrons. The molecule has 8 nitrogen and oxygen atoms in total. The maximum absolute atomic E-state index is 13.5. The van der Waals surface area contributed by atoms with Crippen LogP contribution in [0, 0.1) is 6.92 Å². The summed E-state index contributed by atoms with van der Waals surface area (Å²) >= 11 is 1.33. The number of para-hydroxylation sites is 1. The van der Waals surface area contributed by atoms with Gasteiger partial charge in [0.1, 0.15) is 21.2 Å². The molecule has 3 amide bonds. The molecule has 0 spiro atoms. The van der Waals surface area contributed by atoms with E-state index in [0.717, 1.165) is 46.7 Å². The number of thiophene rings is 1. The van der Waals surface area contributed by atoms with Crippen molar-refractivity contribution in [1.29, 1.82) is 0 Å². The minimum absolute atomic E-state index is 0.0865. The molecule has 0 unspecified atom stereocenters. The summed E-state index contributed by atoms with van der Waals surface area (Å²) in [6.45, 7) is 3.76. The van der Waals surface area contributed by atoms with Gasteiger partial charge in [-0.25, -0.2) is 9.78 Å². The van der Waals surface area contributed by atoms with E-state index in [4.69, 9.17) is 4.74 Å². The van der Waals surface area contributed by atoms with Crippen LogP contribution in [0.2, 0.25) is 0 Å². The van der Waals surface area contributed by atoms with Crippen LogP contribution in [0.3, 0.4) is 0 Å². The van der Waals surface area contributed by atoms with Gasteiger partial charge in [0.25, 0.3) is 5.91 Å². The summed E-state index contributed by atoms with van der Waals surface area (Å²) < 4.78 is 5.97. The molecule has 2 aliphatic heterocycles. The van der Waals surface area contributed by atoms with Crippen LogP contribution in [-0.4, -0.2) is 59.9 Å². The lowest BCUT2D eigenvalue weighted by atomic mass is 10.1. The van der Waals surface area contributed by atoms with Crippen molar-refractivity contribution < 1.29 is 14.3 Å². The summed E-state index contributed by atoms with van der Waals surface area (Å²) in [5.41, 5.74) is 2.88. The first-order valence-electron chi connectivity index (χ1n) is 12.2. The van der Waals surface area contributed by atoms with Gasteiger partial charge in [-0.15, -0.1) is 11.3 Å². The van der Waals surface area contributed by atoms with E-state index in [1.54, 1.807) is 16.0 Å². The Kier molecular flexibility index (Phi) is 5.81. The summed E-state index contributed by atoms with van der Waals surface area (Å²) in [6.07, 6.45) is 2.63. The second kappa shape index (κ2) is 9.17. The molecule has 1 N–H and O–H groups in total. The van der Waals surface area contributed by atoms with Crippen LogP contribution in [0.25, 0.3) is 10.2 Å². The number of anilines is 3. The maximum Gasteiger partial charge on any atom is 0.331 e. The number of carbonyl (C=O) groups excluding carboxylic acids is 2. The fourth-order valence-corrected chi connectivity index (χ4v) is 6.20. The largest absolute Gasteiger partial charge is 0.457 e. The van der Waals surface area contributed by atoms with Gasteiger partial charge in [0.15, 0.2) is 0 Å². The first-order chi connectivity index (χ1) is 17.9. The Morgan fingerprint density at radius 3 is 2.68 bits per heavy atom. The molecule has 1 saturated heterocycles. The molecule has 9 heteroatoms. The number of rotatable bonds is 5. The minimum atomic E-state index is -0.310. The Labute approximate surface area is 219 Å². The van der Waals surface area contributed by atoms with E-state index in [0.29, 0.717) is 22.0 Å². The van der Waals surface area contributed by atoms with Crippen LogP contribution in [0.1, 0.15) is 21.7 Å². The highest BCUT2D eigenvalue weighted by molar-refractivity contribution is 7.21. The van der Waals surface area contributed by atoms with Gasteiger partial charge < -0.3 is 19.9 Å². The van der Waals surface area contributed by atoms with Gasteiger partial charge in [-0.3, -0.25) is 9.69 Å². The standard InChI is InChI=1S/C28H27N5O3S/c1-17-15-20(36-19-7-5-4-6-8-19)9-10-21(17)33-22-11-13-29-26-23(22)24(30-28(33)35)25(37-26)27(34)32(3)18-12-14-31(2)16-18/h4-11,13,15,18H,12,14,16H2,1-3H3,(H,30,35)/t18-/m1/s1. The van der Waals surface area contributed by atoms with Gasteiger partial charge in [0, 0.05) is 25.8 Å². The Balaban J connectivity index is 1.36. The third-order valence-corrected chi connectivity index (χ3v) is 8.15. The molecule has 0 saturated carbocycles. The highest BCUT2D eigenvalue weighted by Gasteiger charge is 2.35. The number of pyridine rings is 1. The summed E-state index contributed by atoms with van der Waals surface area (Å²) in [5.74, 6) is 1.35. The number of hydrogen-bond acceptors (Lipinski definition) is 6. The second-order valence-corrected chi connectivity index (χ2v) is 10.6. The monoisotopic (exact) mass is 513 g/mol. The van der Waals surface area contributed by atoms with E-state index < -0.39 is 0 Å². The molecule has 4 heterocycles. The molecule has 2 aliphatic rings. The van der Waals surface area contributed by atoms with Crippen molar-refractivity contribution in [2.75, 3.05) is 37.4 Å². The van der Waals surface area contributed by atoms with Crippen molar-refractivity contribution in [1.82, 2.24) is 14.8 Å². The lowest BCUT2D eigenvalue weighted by molar-refractivity contribution is 0.0743. The lowest BCUT2D eigenvalue weighted by Gasteiger charge is -2.30. The van der Waals surface area contributed by atoms with Crippen LogP contribution >= 0.6 is 11.3 Å². The average Bonchev–Trinajstić information content (AvgIpc) is 3.49. The summed E-state index contributed by atoms with van der Waals surface area (Å²) in [6, 6.07) is 16.9. The van der Waals surface area contributed by atoms with E-state index >= 15 is 0 Å². The highest BCUT2D eigenvalue weighted by atomic mass is 32.1. The van der Waals surface area contributed by atoms with Crippen LogP contribution in [0.4, 0.5) is 21.9 Å². The van der Waals surface area contributed by atoms with E-state index in [9.17, 15) is 9.59 Å². The van der Waals surface area contributed by atoms with E-state index in [2.05, 4.69) is 22.2 Å². The van der Waals surface area contributed by atoms with E-state index in [-0.39, 0.29) is 18.0 Å². The number of nitrogens with zero attached hydrogens (tertiary/aromatic N) is 4. The normalized spacial score (nSPS) is 17.2. The van der Waals surface area contributed by atoms with Crippen LogP contribution in [0.15, 0.2) is 60.8 Å². The Morgan fingerprint density at radius 2 is 1.95 bits per heavy atom. The SMILES string of the molecule is Cc1cc(Oc2ccccc2)ccc1N1C(=O)Nc2c(C(=O)N(C)[C@@H]3CCN(C)C3)sc3nccc1c23. The fraction of sp³-hybridized carbons (Fsp3) is 0.250. The number of ether oxygens (including phenoxy) is 1. The molecular weight excluding hydrogens is 486 g/mol. The number of hydrogen-bond donors (Lipinski definition) is 1. The predicted octanol–water partition coefficient (Wildman–Crippen LogP) is 5.86. The van der Waals surface area contributed by atoms with Crippen molar-refractivity contribution in [3.05, 3.63) is 71.2 Å². The zero-order valence-electron chi connectivity index (χ0n) is 20.9. The van der Waals surface area contributed by atoms with Gasteiger partial charge in [0.2, 0.25) is 0 Å². The summed E-state index contributed by atoms with van der Waals surface area (Å²) in [5, 5.41) is 3.79. The zero-order chi connectivity index (χ0) is 25.7. The number of benzene rings is 2. The van der Waals surface area contributed by atoms with Crippen LogP contribution < -0.4 is 15.0 Å². The zero-order valence-corrected chi connectivity index (χ0v) is 21.7. The first-order valence-corrected chi connectivity index (χ1v) is 13.0. The van der Waals surface area contributed by atoms with Gasteiger partial charge >= 0.3 is 6.03 Å². The van der Waals surface area contributed by atoms with Gasteiger partial charge in [0.05, 0.1) is 22.4 Å². The van der Waals surface area contributed by atoms with Crippen molar-refractivity contribution in [3.8, 4) is 11.5 Å². The van der Waals surface area contributed by atoms with Gasteiger partial charge in [-0.05, 0) is 68.9 Å². The van der Waals surface area contributed by atoms with E-state index in [1.807, 2.05) is 68.6 Å². The Bertz CT molecular complexity index is 1520. The van der Waals surface area contributed by atoms with Crippen molar-refractivity contribution in [2.24, 2.45) is 0 Å². The molecule has 188 valence electrons. The molecule has 6 rings (SSSR count). The van der Waals surface area contributed by atoms with Crippen molar-refractivity contribution in [3.63, 3.8) is 0 Å². The highest BCUT2D eigenvalue weighted by Crippen LogP contribution is 2.47. The number of nitrogens with one attached hydrogen (secondary N) is 1. The molecule has 1 atom stereocenters. The number of amides is 3. The number of aryl methyl sites for hydroxylation is 1. The second-order valence-electron chi connectivity index (χ2n) is 9.57. The number of aromatic nitrogens is 1. The number of carbonyl (C=O) groups is 2. The average molecular weight is 514 g/mol. The molecule has 2 aromatic heterocycles. The maximum atomic E-state index is 13.5. The number of likely N-dealkylation sites (N-methyl/N-ethyl adjacent to an activating group) is 2. The molecule has 37 heavy (non-hydrogen) atoms. The Hall–Kier alpha value is -3.95. The van der Waals surface area contributed by atoms with Crippen molar-refractivity contribution in [2.45, 2.75) is 19.4 Å².